The number of rotatable bonds is 5. The maximum absolute atomic E-state index is 13.2. The van der Waals surface area contributed by atoms with E-state index in [0.29, 0.717) is 34.6 Å². The Labute approximate surface area is 185 Å². The summed E-state index contributed by atoms with van der Waals surface area (Å²) in [5.41, 5.74) is 2.32. The van der Waals surface area contributed by atoms with Gasteiger partial charge in [0.15, 0.2) is 0 Å². The lowest BCUT2D eigenvalue weighted by molar-refractivity contribution is -0.129. The predicted molar refractivity (Wildman–Crippen MR) is 119 cm³/mol. The molecule has 0 bridgehead atoms. The second-order valence-electron chi connectivity index (χ2n) is 7.14. The maximum atomic E-state index is 13.2. The first-order valence-corrected chi connectivity index (χ1v) is 10.8. The van der Waals surface area contributed by atoms with E-state index in [9.17, 15) is 10.1 Å². The normalized spacial score (nSPS) is 18.4. The standard InChI is InChI=1S/C23H23N3O4S/c1-28-15-8-9-16(21(10-15)30-3)17-11-22(27)26-13-25(14-31-23(26)18(17)12-24)19-6-4-5-7-20(19)29-2/h4-10,17H,11,13-14H2,1-3H3. The number of benzene rings is 2. The number of carbonyl (C=O) groups excluding carboxylic acids is 1. The Morgan fingerprint density at radius 1 is 1.06 bits per heavy atom. The van der Waals surface area contributed by atoms with Crippen molar-refractivity contribution in [3.8, 4) is 23.3 Å². The molecule has 1 fully saturated rings. The SMILES string of the molecule is COc1ccc(C2CC(=O)N3CN(c4ccccc4OC)CSC3=C2C#N)c(OC)c1. The first-order valence-electron chi connectivity index (χ1n) is 9.78. The van der Waals surface area contributed by atoms with Crippen molar-refractivity contribution in [2.24, 2.45) is 0 Å². The molecule has 1 saturated heterocycles. The number of methoxy groups -OCH3 is 3. The monoisotopic (exact) mass is 437 g/mol. The number of nitriles is 1. The zero-order chi connectivity index (χ0) is 22.0. The molecule has 0 aromatic heterocycles. The lowest BCUT2D eigenvalue weighted by atomic mass is 9.86. The third-order valence-corrected chi connectivity index (χ3v) is 6.69. The Bertz CT molecular complexity index is 1080. The van der Waals surface area contributed by atoms with Crippen molar-refractivity contribution < 1.29 is 19.0 Å². The molecular formula is C23H23N3O4S. The van der Waals surface area contributed by atoms with Crippen molar-refractivity contribution in [2.75, 3.05) is 38.8 Å². The quantitative estimate of drug-likeness (QED) is 0.701. The lowest BCUT2D eigenvalue weighted by Gasteiger charge is -2.42. The zero-order valence-electron chi connectivity index (χ0n) is 17.6. The van der Waals surface area contributed by atoms with E-state index in [2.05, 4.69) is 11.0 Å². The van der Waals surface area contributed by atoms with Gasteiger partial charge < -0.3 is 19.1 Å². The minimum atomic E-state index is -0.352. The summed E-state index contributed by atoms with van der Waals surface area (Å²) < 4.78 is 16.3. The topological polar surface area (TPSA) is 75.0 Å². The molecule has 0 N–H and O–H groups in total. The van der Waals surface area contributed by atoms with E-state index in [1.54, 1.807) is 32.3 Å². The van der Waals surface area contributed by atoms with Gasteiger partial charge in [0.1, 0.15) is 17.2 Å². The molecule has 7 nitrogen and oxygen atoms in total. The van der Waals surface area contributed by atoms with Crippen LogP contribution in [-0.4, -0.2) is 44.7 Å². The second-order valence-corrected chi connectivity index (χ2v) is 8.08. The Morgan fingerprint density at radius 3 is 2.55 bits per heavy atom. The second kappa shape index (κ2) is 8.82. The summed E-state index contributed by atoms with van der Waals surface area (Å²) in [6, 6.07) is 15.6. The van der Waals surface area contributed by atoms with E-state index in [-0.39, 0.29) is 18.2 Å². The van der Waals surface area contributed by atoms with Crippen molar-refractivity contribution in [3.63, 3.8) is 0 Å². The molecule has 4 rings (SSSR count). The highest BCUT2D eigenvalue weighted by Crippen LogP contribution is 2.46. The molecule has 0 radical (unpaired) electrons. The minimum Gasteiger partial charge on any atom is -0.497 e. The zero-order valence-corrected chi connectivity index (χ0v) is 18.4. The fourth-order valence-corrected chi connectivity index (χ4v) is 5.14. The molecule has 2 heterocycles. The third-order valence-electron chi connectivity index (χ3n) is 5.54. The first-order chi connectivity index (χ1) is 15.1. The van der Waals surface area contributed by atoms with E-state index in [1.807, 2.05) is 36.4 Å². The summed E-state index contributed by atoms with van der Waals surface area (Å²) >= 11 is 1.49. The van der Waals surface area contributed by atoms with Gasteiger partial charge in [0, 0.05) is 24.0 Å². The number of allylic oxidation sites excluding steroid dienone is 1. The van der Waals surface area contributed by atoms with Gasteiger partial charge in [-0.05, 0) is 18.2 Å². The number of carbonyl (C=O) groups is 1. The number of fused-ring (bicyclic) bond motifs is 1. The van der Waals surface area contributed by atoms with Crippen LogP contribution < -0.4 is 19.1 Å². The molecule has 1 atom stereocenters. The third kappa shape index (κ3) is 3.77. The van der Waals surface area contributed by atoms with Gasteiger partial charge >= 0.3 is 0 Å². The van der Waals surface area contributed by atoms with Crippen LogP contribution in [0.25, 0.3) is 0 Å². The van der Waals surface area contributed by atoms with E-state index in [0.717, 1.165) is 17.0 Å². The van der Waals surface area contributed by atoms with Crippen molar-refractivity contribution >= 4 is 23.4 Å². The molecule has 2 aromatic rings. The van der Waals surface area contributed by atoms with Crippen LogP contribution >= 0.6 is 11.8 Å². The predicted octanol–water partition coefficient (Wildman–Crippen LogP) is 3.93. The summed E-state index contributed by atoms with van der Waals surface area (Å²) in [6.07, 6.45) is 0.204. The van der Waals surface area contributed by atoms with E-state index in [4.69, 9.17) is 14.2 Å². The van der Waals surface area contributed by atoms with E-state index >= 15 is 0 Å². The summed E-state index contributed by atoms with van der Waals surface area (Å²) in [7, 11) is 4.80. The van der Waals surface area contributed by atoms with Gasteiger partial charge in [0.25, 0.3) is 0 Å². The Kier molecular flexibility index (Phi) is 5.96. The molecule has 2 aromatic carbocycles. The Balaban J connectivity index is 1.70. The highest BCUT2D eigenvalue weighted by atomic mass is 32.2. The van der Waals surface area contributed by atoms with Crippen molar-refractivity contribution in [1.29, 1.82) is 5.26 Å². The molecule has 2 aliphatic rings. The number of nitrogens with zero attached hydrogens (tertiary/aromatic N) is 3. The van der Waals surface area contributed by atoms with Crippen LogP contribution in [0.4, 0.5) is 5.69 Å². The van der Waals surface area contributed by atoms with Gasteiger partial charge in [0.2, 0.25) is 5.91 Å². The van der Waals surface area contributed by atoms with Crippen LogP contribution in [0.3, 0.4) is 0 Å². The smallest absolute Gasteiger partial charge is 0.229 e. The molecule has 0 aliphatic carbocycles. The summed E-state index contributed by atoms with van der Waals surface area (Å²) in [5.74, 6) is 2.25. The summed E-state index contributed by atoms with van der Waals surface area (Å²) in [5, 5.41) is 10.7. The molecule has 2 aliphatic heterocycles. The molecule has 0 saturated carbocycles. The highest BCUT2D eigenvalue weighted by molar-refractivity contribution is 8.03. The fraction of sp³-hybridized carbons (Fsp3) is 0.304. The van der Waals surface area contributed by atoms with E-state index in [1.165, 1.54) is 11.8 Å². The van der Waals surface area contributed by atoms with Crippen LogP contribution in [0, 0.1) is 11.3 Å². The number of hydrogen-bond acceptors (Lipinski definition) is 7. The van der Waals surface area contributed by atoms with Gasteiger partial charge in [-0.25, -0.2) is 0 Å². The fourth-order valence-electron chi connectivity index (χ4n) is 3.98. The molecule has 8 heteroatoms. The summed E-state index contributed by atoms with van der Waals surface area (Å²) in [6.45, 7) is 0.374. The van der Waals surface area contributed by atoms with Crippen molar-refractivity contribution in [3.05, 3.63) is 58.6 Å². The van der Waals surface area contributed by atoms with Crippen LogP contribution in [-0.2, 0) is 4.79 Å². The molecule has 1 unspecified atom stereocenters. The first kappa shape index (κ1) is 20.9. The number of thioether (sulfide) groups is 1. The largest absolute Gasteiger partial charge is 0.497 e. The van der Waals surface area contributed by atoms with Crippen molar-refractivity contribution in [2.45, 2.75) is 12.3 Å². The Morgan fingerprint density at radius 2 is 1.84 bits per heavy atom. The number of anilines is 1. The van der Waals surface area contributed by atoms with Crippen LogP contribution in [0.15, 0.2) is 53.1 Å². The average Bonchev–Trinajstić information content (AvgIpc) is 2.83. The van der Waals surface area contributed by atoms with E-state index < -0.39 is 0 Å². The number of para-hydroxylation sites is 2. The van der Waals surface area contributed by atoms with Crippen LogP contribution in [0.2, 0.25) is 0 Å². The average molecular weight is 438 g/mol. The van der Waals surface area contributed by atoms with Gasteiger partial charge in [0.05, 0.1) is 56.2 Å². The van der Waals surface area contributed by atoms with Gasteiger partial charge in [-0.1, -0.05) is 30.0 Å². The molecule has 160 valence electrons. The lowest BCUT2D eigenvalue weighted by Crippen LogP contribution is -2.47. The molecule has 31 heavy (non-hydrogen) atoms. The molecule has 0 spiro atoms. The molecular weight excluding hydrogens is 414 g/mol. The highest BCUT2D eigenvalue weighted by Gasteiger charge is 2.39. The van der Waals surface area contributed by atoms with Crippen LogP contribution in [0.5, 0.6) is 17.2 Å². The number of hydrogen-bond donors (Lipinski definition) is 0. The Hall–Kier alpha value is -3.31. The van der Waals surface area contributed by atoms with Crippen LogP contribution in [0.1, 0.15) is 17.9 Å². The van der Waals surface area contributed by atoms with Crippen molar-refractivity contribution in [1.82, 2.24) is 4.90 Å². The number of ether oxygens (including phenoxy) is 3. The maximum Gasteiger partial charge on any atom is 0.229 e. The summed E-state index contributed by atoms with van der Waals surface area (Å²) in [4.78, 5) is 17.0. The molecule has 1 amide bonds. The van der Waals surface area contributed by atoms with Gasteiger partial charge in [-0.3, -0.25) is 9.69 Å². The number of amides is 1. The minimum absolute atomic E-state index is 0.0241. The van der Waals surface area contributed by atoms with Gasteiger partial charge in [-0.2, -0.15) is 5.26 Å². The van der Waals surface area contributed by atoms with Gasteiger partial charge in [-0.15, -0.1) is 0 Å².